The van der Waals surface area contributed by atoms with Crippen LogP contribution in [0.2, 0.25) is 0 Å². The molecular formula is C11H21NO3S. The van der Waals surface area contributed by atoms with E-state index in [0.717, 1.165) is 12.8 Å². The Labute approximate surface area is 101 Å². The highest BCUT2D eigenvalue weighted by atomic mass is 32.2. The molecule has 0 aliphatic rings. The summed E-state index contributed by atoms with van der Waals surface area (Å²) in [6.07, 6.45) is 0. The first-order chi connectivity index (χ1) is 7.75. The Kier molecular flexibility index (Phi) is 13.3. The highest BCUT2D eigenvalue weighted by molar-refractivity contribution is 7.81. The van der Waals surface area contributed by atoms with Crippen molar-refractivity contribution in [3.63, 3.8) is 0 Å². The van der Waals surface area contributed by atoms with Gasteiger partial charge in [-0.25, -0.2) is 4.21 Å². The molecule has 0 heterocycles. The van der Waals surface area contributed by atoms with Gasteiger partial charge in [0.15, 0.2) is 0 Å². The van der Waals surface area contributed by atoms with E-state index in [-0.39, 0.29) is 0 Å². The van der Waals surface area contributed by atoms with E-state index in [4.69, 9.17) is 5.11 Å². The lowest BCUT2D eigenvalue weighted by Gasteiger charge is -2.14. The van der Waals surface area contributed by atoms with E-state index in [9.17, 15) is 4.21 Å². The van der Waals surface area contributed by atoms with Gasteiger partial charge in [0.2, 0.25) is 0 Å². The molecule has 1 unspecified atom stereocenters. The summed E-state index contributed by atoms with van der Waals surface area (Å²) in [6, 6.07) is 9.43. The van der Waals surface area contributed by atoms with Gasteiger partial charge in [0, 0.05) is 14.2 Å². The van der Waals surface area contributed by atoms with Crippen LogP contribution in [-0.2, 0) is 15.4 Å². The maximum Gasteiger partial charge on any atom is 0.263 e. The number of benzene rings is 1. The summed E-state index contributed by atoms with van der Waals surface area (Å²) < 4.78 is 17.3. The average molecular weight is 247 g/mol. The second-order valence-electron chi connectivity index (χ2n) is 2.22. The first kappa shape index (κ1) is 17.5. The van der Waals surface area contributed by atoms with Crippen molar-refractivity contribution >= 4 is 17.0 Å². The molecule has 94 valence electrons. The van der Waals surface area contributed by atoms with Crippen LogP contribution in [0.25, 0.3) is 0 Å². The maximum atomic E-state index is 11.1. The van der Waals surface area contributed by atoms with Crippen LogP contribution in [0.3, 0.4) is 0 Å². The van der Waals surface area contributed by atoms with Crippen molar-refractivity contribution in [3.05, 3.63) is 30.3 Å². The molecule has 0 aromatic heterocycles. The number of para-hydroxylation sites is 1. The van der Waals surface area contributed by atoms with Crippen molar-refractivity contribution in [1.29, 1.82) is 0 Å². The van der Waals surface area contributed by atoms with Crippen LogP contribution in [0, 0.1) is 0 Å². The first-order valence-electron chi connectivity index (χ1n) is 4.95. The van der Waals surface area contributed by atoms with E-state index in [1.54, 1.807) is 11.4 Å². The fourth-order valence-electron chi connectivity index (χ4n) is 0.836. The Bertz CT molecular complexity index is 267. The molecule has 1 rings (SSSR count). The number of hydrogen-bond acceptors (Lipinski definition) is 3. The SMILES string of the molecule is CC.CO.COS(=O)N(C)c1ccccc1. The summed E-state index contributed by atoms with van der Waals surface area (Å²) in [5, 5.41) is 7.00. The molecule has 1 aromatic carbocycles. The zero-order valence-corrected chi connectivity index (χ0v) is 11.3. The van der Waals surface area contributed by atoms with E-state index < -0.39 is 11.3 Å². The van der Waals surface area contributed by atoms with Crippen molar-refractivity contribution < 1.29 is 13.5 Å². The Morgan fingerprint density at radius 1 is 1.19 bits per heavy atom. The largest absolute Gasteiger partial charge is 0.400 e. The molecule has 0 saturated carbocycles. The van der Waals surface area contributed by atoms with E-state index in [0.29, 0.717) is 0 Å². The van der Waals surface area contributed by atoms with Gasteiger partial charge >= 0.3 is 0 Å². The normalized spacial score (nSPS) is 10.1. The van der Waals surface area contributed by atoms with Gasteiger partial charge in [-0.05, 0) is 12.1 Å². The number of hydrogen-bond donors (Lipinski definition) is 1. The highest BCUT2D eigenvalue weighted by Gasteiger charge is 2.06. The molecule has 16 heavy (non-hydrogen) atoms. The van der Waals surface area contributed by atoms with Gasteiger partial charge in [0.05, 0.1) is 12.8 Å². The van der Waals surface area contributed by atoms with Gasteiger partial charge in [-0.2, -0.15) is 0 Å². The third-order valence-corrected chi connectivity index (χ3v) is 2.43. The van der Waals surface area contributed by atoms with Crippen molar-refractivity contribution in [2.75, 3.05) is 25.6 Å². The fourth-order valence-corrected chi connectivity index (χ4v) is 1.35. The minimum Gasteiger partial charge on any atom is -0.400 e. The lowest BCUT2D eigenvalue weighted by Crippen LogP contribution is -2.20. The first-order valence-corrected chi connectivity index (χ1v) is 5.98. The minimum atomic E-state index is -1.39. The van der Waals surface area contributed by atoms with Crippen LogP contribution in [-0.4, -0.2) is 30.6 Å². The maximum absolute atomic E-state index is 11.1. The van der Waals surface area contributed by atoms with Crippen molar-refractivity contribution in [2.24, 2.45) is 0 Å². The van der Waals surface area contributed by atoms with Gasteiger partial charge in [0.25, 0.3) is 11.3 Å². The van der Waals surface area contributed by atoms with E-state index in [1.807, 2.05) is 44.2 Å². The third-order valence-electron chi connectivity index (χ3n) is 1.49. The van der Waals surface area contributed by atoms with E-state index in [1.165, 1.54) is 7.11 Å². The smallest absolute Gasteiger partial charge is 0.263 e. The van der Waals surface area contributed by atoms with E-state index >= 15 is 0 Å². The fraction of sp³-hybridized carbons (Fsp3) is 0.455. The quantitative estimate of drug-likeness (QED) is 0.888. The summed E-state index contributed by atoms with van der Waals surface area (Å²) in [4.78, 5) is 0. The zero-order chi connectivity index (χ0) is 13.0. The predicted octanol–water partition coefficient (Wildman–Crippen LogP) is 1.98. The standard InChI is InChI=1S/C8H11NO2S.C2H6.CH4O/c1-9(12(10)11-2)8-6-4-3-5-7-8;2*1-2/h3-7H,1-2H3;1-2H3;2H,1H3. The second-order valence-corrected chi connectivity index (χ2v) is 3.53. The third kappa shape index (κ3) is 6.55. The summed E-state index contributed by atoms with van der Waals surface area (Å²) in [6.45, 7) is 4.00. The molecule has 0 fully saturated rings. The molecule has 0 aliphatic carbocycles. The number of aliphatic hydroxyl groups excluding tert-OH is 1. The Hall–Kier alpha value is -0.910. The molecule has 0 saturated heterocycles. The molecule has 0 spiro atoms. The summed E-state index contributed by atoms with van der Waals surface area (Å²) >= 11 is -1.39. The summed E-state index contributed by atoms with van der Waals surface area (Å²) in [7, 11) is 4.13. The summed E-state index contributed by atoms with van der Waals surface area (Å²) in [5.41, 5.74) is 0.873. The molecule has 4 nitrogen and oxygen atoms in total. The van der Waals surface area contributed by atoms with Gasteiger partial charge in [-0.1, -0.05) is 32.0 Å². The highest BCUT2D eigenvalue weighted by Crippen LogP contribution is 2.12. The van der Waals surface area contributed by atoms with Gasteiger partial charge in [-0.15, -0.1) is 0 Å². The van der Waals surface area contributed by atoms with Crippen LogP contribution in [0.4, 0.5) is 5.69 Å². The molecule has 1 aromatic rings. The predicted molar refractivity (Wildman–Crippen MR) is 69.5 cm³/mol. The van der Waals surface area contributed by atoms with Gasteiger partial charge in [0.1, 0.15) is 0 Å². The second kappa shape index (κ2) is 12.2. The average Bonchev–Trinajstić information content (AvgIpc) is 2.42. The van der Waals surface area contributed by atoms with Crippen LogP contribution in [0.5, 0.6) is 0 Å². The molecule has 1 atom stereocenters. The van der Waals surface area contributed by atoms with Crippen molar-refractivity contribution in [2.45, 2.75) is 13.8 Å². The Balaban J connectivity index is 0. The summed E-state index contributed by atoms with van der Waals surface area (Å²) in [5.74, 6) is 0. The minimum absolute atomic E-state index is 0.873. The molecule has 1 N–H and O–H groups in total. The molecule has 0 radical (unpaired) electrons. The van der Waals surface area contributed by atoms with Crippen LogP contribution in [0.1, 0.15) is 13.8 Å². The van der Waals surface area contributed by atoms with Gasteiger partial charge in [-0.3, -0.25) is 8.49 Å². The van der Waals surface area contributed by atoms with Gasteiger partial charge < -0.3 is 5.11 Å². The van der Waals surface area contributed by atoms with Crippen LogP contribution < -0.4 is 4.31 Å². The van der Waals surface area contributed by atoms with Crippen LogP contribution in [0.15, 0.2) is 30.3 Å². The number of aliphatic hydroxyl groups is 1. The van der Waals surface area contributed by atoms with E-state index in [2.05, 4.69) is 4.18 Å². The molecule has 5 heteroatoms. The number of anilines is 1. The lowest BCUT2D eigenvalue weighted by atomic mass is 10.3. The Morgan fingerprint density at radius 3 is 2.00 bits per heavy atom. The van der Waals surface area contributed by atoms with Crippen molar-refractivity contribution in [1.82, 2.24) is 0 Å². The van der Waals surface area contributed by atoms with Crippen LogP contribution >= 0.6 is 0 Å². The monoisotopic (exact) mass is 247 g/mol. The van der Waals surface area contributed by atoms with Crippen molar-refractivity contribution in [3.8, 4) is 0 Å². The Morgan fingerprint density at radius 2 is 1.62 bits per heavy atom. The molecule has 0 bridgehead atoms. The lowest BCUT2D eigenvalue weighted by molar-refractivity contribution is 0.399. The molecular weight excluding hydrogens is 226 g/mol. The number of rotatable bonds is 3. The number of nitrogens with zero attached hydrogens (tertiary/aromatic N) is 1. The zero-order valence-electron chi connectivity index (χ0n) is 10.5. The molecule has 0 aliphatic heterocycles. The molecule has 0 amide bonds. The topological polar surface area (TPSA) is 49.8 Å².